The normalized spacial score (nSPS) is 13.4. The number of aromatic nitrogens is 1. The number of nitrogens with zero attached hydrogens (tertiary/aromatic N) is 1. The van der Waals surface area contributed by atoms with Crippen LogP contribution in [0.5, 0.6) is 5.88 Å². The van der Waals surface area contributed by atoms with Crippen molar-refractivity contribution in [1.82, 2.24) is 10.3 Å². The number of amides is 1. The lowest BCUT2D eigenvalue weighted by molar-refractivity contribution is -0.146. The van der Waals surface area contributed by atoms with Gasteiger partial charge in [-0.3, -0.25) is 9.59 Å². The maximum Gasteiger partial charge on any atom is 0.307 e. The lowest BCUT2D eigenvalue weighted by Crippen LogP contribution is -2.34. The molecule has 0 aromatic carbocycles. The first-order valence-corrected chi connectivity index (χ1v) is 5.95. The molecular weight excluding hydrogens is 248 g/mol. The SMILES string of the molecule is COc1ncccc1CNC(=O)C(C)C(C)C(=O)O. The van der Waals surface area contributed by atoms with Crippen molar-refractivity contribution >= 4 is 11.9 Å². The molecule has 0 fully saturated rings. The van der Waals surface area contributed by atoms with Gasteiger partial charge in [0.05, 0.1) is 13.0 Å². The Balaban J connectivity index is 2.61. The van der Waals surface area contributed by atoms with E-state index in [1.165, 1.54) is 14.0 Å². The van der Waals surface area contributed by atoms with Crippen LogP contribution in [-0.4, -0.2) is 29.1 Å². The van der Waals surface area contributed by atoms with Gasteiger partial charge >= 0.3 is 5.97 Å². The average molecular weight is 266 g/mol. The van der Waals surface area contributed by atoms with Crippen LogP contribution < -0.4 is 10.1 Å². The predicted molar refractivity (Wildman–Crippen MR) is 68.6 cm³/mol. The molecule has 2 unspecified atom stereocenters. The number of carboxylic acids is 1. The van der Waals surface area contributed by atoms with Crippen molar-refractivity contribution in [3.63, 3.8) is 0 Å². The summed E-state index contributed by atoms with van der Waals surface area (Å²) in [5, 5.41) is 11.5. The van der Waals surface area contributed by atoms with Crippen molar-refractivity contribution in [1.29, 1.82) is 0 Å². The molecule has 2 N–H and O–H groups in total. The van der Waals surface area contributed by atoms with E-state index in [9.17, 15) is 9.59 Å². The van der Waals surface area contributed by atoms with Gasteiger partial charge in [0.1, 0.15) is 0 Å². The molecule has 2 atom stereocenters. The second kappa shape index (κ2) is 6.72. The summed E-state index contributed by atoms with van der Waals surface area (Å²) in [5.41, 5.74) is 0.744. The van der Waals surface area contributed by atoms with E-state index < -0.39 is 17.8 Å². The van der Waals surface area contributed by atoms with E-state index in [0.29, 0.717) is 5.88 Å². The van der Waals surface area contributed by atoms with Gasteiger partial charge in [-0.2, -0.15) is 0 Å². The molecule has 0 bridgehead atoms. The van der Waals surface area contributed by atoms with E-state index in [0.717, 1.165) is 5.56 Å². The van der Waals surface area contributed by atoms with E-state index in [-0.39, 0.29) is 12.5 Å². The van der Waals surface area contributed by atoms with Gasteiger partial charge in [0.15, 0.2) is 0 Å². The third-order valence-electron chi connectivity index (χ3n) is 3.05. The van der Waals surface area contributed by atoms with Gasteiger partial charge in [0, 0.05) is 24.2 Å². The molecule has 1 aromatic heterocycles. The van der Waals surface area contributed by atoms with Crippen LogP contribution in [0.1, 0.15) is 19.4 Å². The number of pyridine rings is 1. The van der Waals surface area contributed by atoms with Crippen molar-refractivity contribution in [3.05, 3.63) is 23.9 Å². The molecule has 0 saturated heterocycles. The largest absolute Gasteiger partial charge is 0.481 e. The Labute approximate surface area is 111 Å². The van der Waals surface area contributed by atoms with Gasteiger partial charge in [-0.25, -0.2) is 4.98 Å². The zero-order valence-corrected chi connectivity index (χ0v) is 11.2. The highest BCUT2D eigenvalue weighted by Crippen LogP contribution is 2.15. The van der Waals surface area contributed by atoms with Gasteiger partial charge < -0.3 is 15.2 Å². The van der Waals surface area contributed by atoms with Crippen LogP contribution >= 0.6 is 0 Å². The number of carboxylic acid groups (broad SMARTS) is 1. The van der Waals surface area contributed by atoms with Gasteiger partial charge in [-0.05, 0) is 6.07 Å². The molecule has 104 valence electrons. The van der Waals surface area contributed by atoms with Crippen LogP contribution in [0.25, 0.3) is 0 Å². The number of nitrogens with one attached hydrogen (secondary N) is 1. The van der Waals surface area contributed by atoms with E-state index in [4.69, 9.17) is 9.84 Å². The number of hydrogen-bond donors (Lipinski definition) is 2. The van der Waals surface area contributed by atoms with Crippen LogP contribution in [0, 0.1) is 11.8 Å². The van der Waals surface area contributed by atoms with E-state index in [1.807, 2.05) is 0 Å². The zero-order valence-electron chi connectivity index (χ0n) is 11.2. The third-order valence-corrected chi connectivity index (χ3v) is 3.05. The molecule has 1 amide bonds. The van der Waals surface area contributed by atoms with Gasteiger partial charge in [-0.15, -0.1) is 0 Å². The molecule has 6 heteroatoms. The summed E-state index contributed by atoms with van der Waals surface area (Å²) >= 11 is 0. The predicted octanol–water partition coefficient (Wildman–Crippen LogP) is 1.06. The van der Waals surface area contributed by atoms with Gasteiger partial charge in [0.25, 0.3) is 0 Å². The standard InChI is InChI=1S/C13H18N2O4/c1-8(9(2)13(17)18)11(16)15-7-10-5-4-6-14-12(10)19-3/h4-6,8-9H,7H2,1-3H3,(H,15,16)(H,17,18). The van der Waals surface area contributed by atoms with Crippen LogP contribution in [0.2, 0.25) is 0 Å². The van der Waals surface area contributed by atoms with E-state index in [1.54, 1.807) is 25.3 Å². The lowest BCUT2D eigenvalue weighted by Gasteiger charge is -2.16. The Morgan fingerprint density at radius 2 is 2.11 bits per heavy atom. The monoisotopic (exact) mass is 266 g/mol. The summed E-state index contributed by atoms with van der Waals surface area (Å²) in [6.07, 6.45) is 1.60. The van der Waals surface area contributed by atoms with Crippen LogP contribution in [0.15, 0.2) is 18.3 Å². The summed E-state index contributed by atoms with van der Waals surface area (Å²) in [6.45, 7) is 3.36. The van der Waals surface area contributed by atoms with Crippen LogP contribution in [-0.2, 0) is 16.1 Å². The Morgan fingerprint density at radius 3 is 2.68 bits per heavy atom. The maximum absolute atomic E-state index is 11.8. The van der Waals surface area contributed by atoms with Crippen molar-refractivity contribution in [2.24, 2.45) is 11.8 Å². The summed E-state index contributed by atoms with van der Waals surface area (Å²) in [7, 11) is 1.50. The number of rotatable bonds is 6. The fourth-order valence-electron chi connectivity index (χ4n) is 1.53. The number of methoxy groups -OCH3 is 1. The zero-order chi connectivity index (χ0) is 14.4. The summed E-state index contributed by atoms with van der Waals surface area (Å²) in [5.74, 6) is -2.17. The smallest absolute Gasteiger partial charge is 0.307 e. The first kappa shape index (κ1) is 14.9. The van der Waals surface area contributed by atoms with Crippen molar-refractivity contribution in [2.75, 3.05) is 7.11 Å². The van der Waals surface area contributed by atoms with Crippen LogP contribution in [0.4, 0.5) is 0 Å². The Morgan fingerprint density at radius 1 is 1.42 bits per heavy atom. The minimum atomic E-state index is -0.985. The Bertz CT molecular complexity index is 462. The van der Waals surface area contributed by atoms with Crippen molar-refractivity contribution in [2.45, 2.75) is 20.4 Å². The van der Waals surface area contributed by atoms with Crippen LogP contribution in [0.3, 0.4) is 0 Å². The molecule has 1 rings (SSSR count). The minimum absolute atomic E-state index is 0.256. The molecule has 0 aliphatic rings. The molecule has 0 radical (unpaired) electrons. The first-order chi connectivity index (χ1) is 8.97. The first-order valence-electron chi connectivity index (χ1n) is 5.95. The minimum Gasteiger partial charge on any atom is -0.481 e. The maximum atomic E-state index is 11.8. The molecule has 0 aliphatic heterocycles. The molecule has 1 heterocycles. The molecule has 0 aliphatic carbocycles. The highest BCUT2D eigenvalue weighted by molar-refractivity contribution is 5.84. The quantitative estimate of drug-likeness (QED) is 0.803. The Kier molecular flexibility index (Phi) is 5.29. The van der Waals surface area contributed by atoms with Crippen molar-refractivity contribution < 1.29 is 19.4 Å². The highest BCUT2D eigenvalue weighted by Gasteiger charge is 2.25. The van der Waals surface area contributed by atoms with Crippen molar-refractivity contribution in [3.8, 4) is 5.88 Å². The van der Waals surface area contributed by atoms with Gasteiger partial charge in [0.2, 0.25) is 11.8 Å². The molecule has 19 heavy (non-hydrogen) atoms. The fraction of sp³-hybridized carbons (Fsp3) is 0.462. The topological polar surface area (TPSA) is 88.5 Å². The highest BCUT2D eigenvalue weighted by atomic mass is 16.5. The van der Waals surface area contributed by atoms with Gasteiger partial charge in [-0.1, -0.05) is 19.9 Å². The summed E-state index contributed by atoms with van der Waals surface area (Å²) in [6, 6.07) is 3.53. The number of ether oxygens (including phenoxy) is 1. The third kappa shape index (κ3) is 3.94. The number of carbonyl (C=O) groups is 2. The number of carbonyl (C=O) groups excluding carboxylic acids is 1. The molecule has 1 aromatic rings. The second-order valence-electron chi connectivity index (χ2n) is 4.31. The van der Waals surface area contributed by atoms with E-state index >= 15 is 0 Å². The fourth-order valence-corrected chi connectivity index (χ4v) is 1.53. The summed E-state index contributed by atoms with van der Waals surface area (Å²) < 4.78 is 5.07. The lowest BCUT2D eigenvalue weighted by atomic mass is 9.95. The average Bonchev–Trinajstić information content (AvgIpc) is 2.43. The molecule has 6 nitrogen and oxygen atoms in total. The molecule has 0 spiro atoms. The number of aliphatic carboxylic acids is 1. The molecule has 0 saturated carbocycles. The molecular formula is C13H18N2O4. The Hall–Kier alpha value is -2.11. The van der Waals surface area contributed by atoms with E-state index in [2.05, 4.69) is 10.3 Å². The second-order valence-corrected chi connectivity index (χ2v) is 4.31. The summed E-state index contributed by atoms with van der Waals surface area (Å²) in [4.78, 5) is 26.7. The number of hydrogen-bond acceptors (Lipinski definition) is 4.